The highest BCUT2D eigenvalue weighted by Gasteiger charge is 2.65. The van der Waals surface area contributed by atoms with Crippen molar-refractivity contribution in [3.05, 3.63) is 42.0 Å². The molecular weight excluding hydrogens is 545 g/mol. The van der Waals surface area contributed by atoms with Gasteiger partial charge in [-0.05, 0) is 49.8 Å². The molecule has 4 aliphatic rings. The van der Waals surface area contributed by atoms with Crippen molar-refractivity contribution in [1.82, 2.24) is 4.90 Å². The van der Waals surface area contributed by atoms with Crippen LogP contribution < -0.4 is 4.74 Å². The Bertz CT molecular complexity index is 1090. The number of carbonyl (C=O) groups excluding carboxylic acids is 4. The minimum atomic E-state index is -1.16. The third-order valence-corrected chi connectivity index (χ3v) is 8.34. The first-order chi connectivity index (χ1) is 18.8. The van der Waals surface area contributed by atoms with Gasteiger partial charge < -0.3 is 14.2 Å². The first kappa shape index (κ1) is 29.6. The van der Waals surface area contributed by atoms with E-state index in [2.05, 4.69) is 17.1 Å². The summed E-state index contributed by atoms with van der Waals surface area (Å²) >= 11 is 12.4. The van der Waals surface area contributed by atoms with Crippen molar-refractivity contribution in [3.63, 3.8) is 0 Å². The van der Waals surface area contributed by atoms with E-state index in [-0.39, 0.29) is 24.3 Å². The van der Waals surface area contributed by atoms with Gasteiger partial charge in [0, 0.05) is 43.7 Å². The summed E-state index contributed by atoms with van der Waals surface area (Å²) in [7, 11) is 0. The summed E-state index contributed by atoms with van der Waals surface area (Å²) < 4.78 is 16.5. The van der Waals surface area contributed by atoms with Crippen LogP contribution in [0.4, 0.5) is 0 Å². The van der Waals surface area contributed by atoms with E-state index < -0.39 is 47.7 Å². The number of nitrogens with zero attached hydrogens (tertiary/aromatic N) is 1. The lowest BCUT2D eigenvalue weighted by Gasteiger charge is -2.53. The van der Waals surface area contributed by atoms with Crippen molar-refractivity contribution in [2.75, 3.05) is 31.5 Å². The quantitative estimate of drug-likeness (QED) is 0.127. The summed E-state index contributed by atoms with van der Waals surface area (Å²) in [6.45, 7) is 4.20. The molecule has 0 aromatic heterocycles. The van der Waals surface area contributed by atoms with Crippen LogP contribution in [0.15, 0.2) is 36.4 Å². The molecule has 0 unspecified atom stereocenters. The van der Waals surface area contributed by atoms with E-state index in [0.29, 0.717) is 36.2 Å². The van der Waals surface area contributed by atoms with Crippen molar-refractivity contribution >= 4 is 46.9 Å². The Balaban J connectivity index is 1.78. The summed E-state index contributed by atoms with van der Waals surface area (Å²) in [5, 5.41) is 0. The zero-order chi connectivity index (χ0) is 28.1. The predicted molar refractivity (Wildman–Crippen MR) is 146 cm³/mol. The fourth-order valence-electron chi connectivity index (χ4n) is 6.58. The molecule has 2 bridgehead atoms. The topological polar surface area (TPSA) is 99.2 Å². The van der Waals surface area contributed by atoms with Gasteiger partial charge >= 0.3 is 17.9 Å². The lowest BCUT2D eigenvalue weighted by molar-refractivity contribution is -0.201. The molecule has 10 heteroatoms. The maximum Gasteiger partial charge on any atom is 0.317 e. The van der Waals surface area contributed by atoms with Crippen LogP contribution in [0.3, 0.4) is 0 Å². The molecule has 2 saturated heterocycles. The number of hydrogen-bond donors (Lipinski definition) is 0. The number of ketones is 1. The average Bonchev–Trinajstić information content (AvgIpc) is 2.91. The van der Waals surface area contributed by atoms with Crippen LogP contribution in [-0.2, 0) is 28.7 Å². The number of halogens is 2. The van der Waals surface area contributed by atoms with Gasteiger partial charge in [-0.1, -0.05) is 24.3 Å². The number of alkyl halides is 2. The van der Waals surface area contributed by atoms with Gasteiger partial charge in [-0.2, -0.15) is 0 Å². The third kappa shape index (κ3) is 6.18. The number of ether oxygens (including phenoxy) is 3. The zero-order valence-corrected chi connectivity index (χ0v) is 23.7. The maximum atomic E-state index is 14.3. The molecule has 2 heterocycles. The third-order valence-electron chi connectivity index (χ3n) is 8.01. The fraction of sp³-hybridized carbons (Fsp3) is 0.586. The van der Waals surface area contributed by atoms with Crippen LogP contribution in [0.1, 0.15) is 44.6 Å². The summed E-state index contributed by atoms with van der Waals surface area (Å²) in [5.74, 6) is -4.19. The van der Waals surface area contributed by atoms with Gasteiger partial charge in [0.25, 0.3) is 0 Å². The van der Waals surface area contributed by atoms with E-state index in [1.54, 1.807) is 31.2 Å². The lowest BCUT2D eigenvalue weighted by atomic mass is 9.57. The molecular formula is C29H35Cl2NO7. The molecule has 0 spiro atoms. The molecule has 5 rings (SSSR count). The van der Waals surface area contributed by atoms with Crippen molar-refractivity contribution in [1.29, 1.82) is 0 Å². The predicted octanol–water partition coefficient (Wildman–Crippen LogP) is 4.12. The number of benzene rings is 1. The SMILES string of the molecule is CCOC(=O)[C@@H]1[C@H]2OC(=O)[C@@H](C(=O)[C@@H]2[C@@H]([C@H]2CC=CCC2)N(CCCl)CCCl)[C@@H]1c1ccc(OC(C)=O)cc1. The summed E-state index contributed by atoms with van der Waals surface area (Å²) in [4.78, 5) is 54.5. The van der Waals surface area contributed by atoms with Gasteiger partial charge in [0.2, 0.25) is 0 Å². The summed E-state index contributed by atoms with van der Waals surface area (Å²) in [6.07, 6.45) is 5.77. The van der Waals surface area contributed by atoms with Crippen molar-refractivity contribution in [2.24, 2.45) is 23.7 Å². The number of carbonyl (C=O) groups is 4. The van der Waals surface area contributed by atoms with E-state index in [9.17, 15) is 19.2 Å². The number of Topliss-reactive ketones (excluding diaryl/α,β-unsaturated/α-hetero) is 1. The fourth-order valence-corrected chi connectivity index (χ4v) is 7.01. The first-order valence-corrected chi connectivity index (χ1v) is 14.6. The van der Waals surface area contributed by atoms with Crippen molar-refractivity contribution < 1.29 is 33.4 Å². The van der Waals surface area contributed by atoms with Crippen LogP contribution >= 0.6 is 23.2 Å². The number of fused-ring (bicyclic) bond motifs is 3. The Morgan fingerprint density at radius 3 is 2.36 bits per heavy atom. The van der Waals surface area contributed by atoms with Gasteiger partial charge in [0.05, 0.1) is 12.5 Å². The molecule has 212 valence electrons. The standard InChI is InChI=1S/C29H35Cl2NO7/c1-3-37-28(35)23-21(18-9-11-20(12-10-18)38-17(2)33)22-26(34)24(27(23)39-29(22)36)25(19-7-5-4-6-8-19)32(15-13-30)16-14-31/h4-5,9-12,19,21-25,27H,3,6-8,13-16H2,1-2H3/t19-,21-,22+,23-,24-,25+,27+/m0/s1. The molecule has 0 amide bonds. The molecule has 0 N–H and O–H groups in total. The van der Waals surface area contributed by atoms with Gasteiger partial charge in [-0.25, -0.2) is 0 Å². The van der Waals surface area contributed by atoms with E-state index in [0.717, 1.165) is 19.3 Å². The average molecular weight is 581 g/mol. The van der Waals surface area contributed by atoms with E-state index >= 15 is 0 Å². The molecule has 1 aromatic carbocycles. The highest BCUT2D eigenvalue weighted by Crippen LogP contribution is 2.52. The van der Waals surface area contributed by atoms with Crippen molar-refractivity contribution in [2.45, 2.75) is 51.2 Å². The number of allylic oxidation sites excluding steroid dienone is 2. The Morgan fingerprint density at radius 2 is 1.79 bits per heavy atom. The second-order valence-corrected chi connectivity index (χ2v) is 11.0. The Labute approximate surface area is 238 Å². The van der Waals surface area contributed by atoms with Crippen LogP contribution in [0.2, 0.25) is 0 Å². The second kappa shape index (κ2) is 13.3. The second-order valence-electron chi connectivity index (χ2n) is 10.2. The zero-order valence-electron chi connectivity index (χ0n) is 22.2. The Morgan fingerprint density at radius 1 is 1.10 bits per heavy atom. The van der Waals surface area contributed by atoms with Crippen LogP contribution in [0, 0.1) is 23.7 Å². The molecule has 2 aliphatic heterocycles. The molecule has 2 aliphatic carbocycles. The van der Waals surface area contributed by atoms with Crippen molar-refractivity contribution in [3.8, 4) is 5.75 Å². The number of rotatable bonds is 11. The monoisotopic (exact) mass is 579 g/mol. The smallest absolute Gasteiger partial charge is 0.317 e. The van der Waals surface area contributed by atoms with Gasteiger partial charge in [0.15, 0.2) is 5.78 Å². The molecule has 0 radical (unpaired) electrons. The van der Waals surface area contributed by atoms with E-state index in [1.165, 1.54) is 6.92 Å². The highest BCUT2D eigenvalue weighted by atomic mass is 35.5. The van der Waals surface area contributed by atoms with Gasteiger partial charge in [-0.15, -0.1) is 23.2 Å². The molecule has 1 saturated carbocycles. The number of esters is 3. The molecule has 1 aromatic rings. The van der Waals surface area contributed by atoms with Crippen LogP contribution in [0.5, 0.6) is 5.75 Å². The Kier molecular flexibility index (Phi) is 10.1. The Hall–Kier alpha value is -2.42. The normalized spacial score (nSPS) is 28.7. The highest BCUT2D eigenvalue weighted by molar-refractivity contribution is 6.18. The summed E-state index contributed by atoms with van der Waals surface area (Å²) in [6, 6.07) is 6.25. The lowest BCUT2D eigenvalue weighted by Crippen LogP contribution is -2.67. The van der Waals surface area contributed by atoms with Gasteiger partial charge in [0.1, 0.15) is 23.7 Å². The molecule has 8 nitrogen and oxygen atoms in total. The minimum Gasteiger partial charge on any atom is -0.466 e. The molecule has 7 atom stereocenters. The first-order valence-electron chi connectivity index (χ1n) is 13.5. The maximum absolute atomic E-state index is 14.3. The van der Waals surface area contributed by atoms with Gasteiger partial charge in [-0.3, -0.25) is 24.1 Å². The van der Waals surface area contributed by atoms with E-state index in [1.807, 2.05) is 0 Å². The largest absolute Gasteiger partial charge is 0.466 e. The summed E-state index contributed by atoms with van der Waals surface area (Å²) in [5.41, 5.74) is 0.609. The molecule has 3 fully saturated rings. The van der Waals surface area contributed by atoms with Crippen LogP contribution in [0.25, 0.3) is 0 Å². The minimum absolute atomic E-state index is 0.109. The molecule has 39 heavy (non-hydrogen) atoms. The van der Waals surface area contributed by atoms with Crippen LogP contribution in [-0.4, -0.2) is 72.2 Å². The van der Waals surface area contributed by atoms with E-state index in [4.69, 9.17) is 37.4 Å². The number of hydrogen-bond acceptors (Lipinski definition) is 8.